The molecule has 0 saturated carbocycles. The van der Waals surface area contributed by atoms with Crippen molar-refractivity contribution < 1.29 is 44.3 Å². The number of amides is 2. The molecule has 1 aliphatic rings. The summed E-state index contributed by atoms with van der Waals surface area (Å²) in [5.74, 6) is -2.29. The number of benzene rings is 2. The number of aromatic amines is 1. The van der Waals surface area contributed by atoms with E-state index in [9.17, 15) is 44.3 Å². The Morgan fingerprint density at radius 3 is 2.26 bits per heavy atom. The summed E-state index contributed by atoms with van der Waals surface area (Å²) in [6.07, 6.45) is -8.67. The number of likely N-dealkylation sites (N-methyl/N-ethyl adjacent to an activating group) is 1. The zero-order valence-electron chi connectivity index (χ0n) is 25.3. The Morgan fingerprint density at radius 1 is 0.978 bits per heavy atom. The molecule has 3 aromatic rings. The highest BCUT2D eigenvalue weighted by Crippen LogP contribution is 2.39. The number of nitrogens with zero attached hydrogens (tertiary/aromatic N) is 1. The van der Waals surface area contributed by atoms with Crippen LogP contribution >= 0.6 is 0 Å². The Hall–Kier alpha value is -4.11. The Labute approximate surface area is 261 Å². The molecule has 4 rings (SSSR count). The van der Waals surface area contributed by atoms with Gasteiger partial charge >= 0.3 is 12.4 Å². The molecule has 2 amide bonds. The number of hydrogen-bond acceptors (Lipinski definition) is 5. The van der Waals surface area contributed by atoms with Gasteiger partial charge in [0.15, 0.2) is 9.84 Å². The molecule has 46 heavy (non-hydrogen) atoms. The normalized spacial score (nSPS) is 14.6. The lowest BCUT2D eigenvalue weighted by molar-refractivity contribution is -0.141. The average molecular weight is 671 g/mol. The lowest BCUT2D eigenvalue weighted by Crippen LogP contribution is -2.35. The highest BCUT2D eigenvalue weighted by molar-refractivity contribution is 7.90. The molecule has 8 nitrogen and oxygen atoms in total. The number of aromatic nitrogens is 1. The second-order valence-corrected chi connectivity index (χ2v) is 12.8. The summed E-state index contributed by atoms with van der Waals surface area (Å²) in [4.78, 5) is 30.6. The van der Waals surface area contributed by atoms with Crippen LogP contribution in [-0.2, 0) is 32.7 Å². The maximum absolute atomic E-state index is 13.6. The van der Waals surface area contributed by atoms with Crippen molar-refractivity contribution in [1.82, 2.24) is 15.2 Å². The molecular formula is C31H32F6N4O4S. The number of alkyl halides is 6. The standard InChI is InChI=1S/C31H32F6N4O4S/c1-5-41(6-2)12-11-38-29(43)27-17(3)26(39-18(27)4)15-23-22-14-21(8-10-25(22)40-28(23)42)46(44,45)16-19-13-20(30(32,33)34)7-9-24(19)31(35,36)37/h7-10,13-15,39H,5-6,11-12,16H2,1-4H3,(H,38,43)(H,40,42)/b23-15-. The SMILES string of the molecule is CCN(CC)CCNC(=O)c1c(C)[nH]c(/C=C2\C(=O)Nc3ccc(S(=O)(=O)Cc4cc(C(F)(F)F)ccc4C(F)(F)F)cc32)c1C. The van der Waals surface area contributed by atoms with Crippen molar-refractivity contribution in [3.8, 4) is 0 Å². The topological polar surface area (TPSA) is 111 Å². The van der Waals surface area contributed by atoms with Crippen LogP contribution in [0.15, 0.2) is 41.3 Å². The minimum absolute atomic E-state index is 0.0138. The number of halogens is 6. The summed E-state index contributed by atoms with van der Waals surface area (Å²) in [5.41, 5.74) is -1.81. The van der Waals surface area contributed by atoms with Gasteiger partial charge in [0.05, 0.1) is 32.9 Å². The van der Waals surface area contributed by atoms with Crippen LogP contribution in [0.3, 0.4) is 0 Å². The fourth-order valence-electron chi connectivity index (χ4n) is 5.32. The number of carbonyl (C=O) groups is 2. The van der Waals surface area contributed by atoms with Gasteiger partial charge in [-0.25, -0.2) is 8.42 Å². The number of H-pyrrole nitrogens is 1. The van der Waals surface area contributed by atoms with Gasteiger partial charge in [0.25, 0.3) is 11.8 Å². The van der Waals surface area contributed by atoms with Crippen molar-refractivity contribution in [3.63, 3.8) is 0 Å². The predicted octanol–water partition coefficient (Wildman–Crippen LogP) is 6.21. The van der Waals surface area contributed by atoms with Crippen LogP contribution in [0, 0.1) is 13.8 Å². The second-order valence-electron chi connectivity index (χ2n) is 10.8. The zero-order valence-corrected chi connectivity index (χ0v) is 26.1. The fraction of sp³-hybridized carbons (Fsp3) is 0.355. The van der Waals surface area contributed by atoms with E-state index >= 15 is 0 Å². The van der Waals surface area contributed by atoms with Crippen molar-refractivity contribution >= 4 is 39.0 Å². The summed E-state index contributed by atoms with van der Waals surface area (Å²) >= 11 is 0. The van der Waals surface area contributed by atoms with E-state index in [2.05, 4.69) is 20.5 Å². The average Bonchev–Trinajstić information content (AvgIpc) is 3.42. The number of aryl methyl sites for hydroxylation is 1. The first-order valence-electron chi connectivity index (χ1n) is 14.2. The second kappa shape index (κ2) is 12.9. The number of sulfone groups is 1. The lowest BCUT2D eigenvalue weighted by atomic mass is 10.0. The van der Waals surface area contributed by atoms with Gasteiger partial charge in [-0.1, -0.05) is 13.8 Å². The first-order valence-corrected chi connectivity index (χ1v) is 15.9. The van der Waals surface area contributed by atoms with Gasteiger partial charge in [0, 0.05) is 35.7 Å². The van der Waals surface area contributed by atoms with E-state index in [1.165, 1.54) is 12.1 Å². The molecule has 0 bridgehead atoms. The van der Waals surface area contributed by atoms with Crippen molar-refractivity contribution in [2.45, 2.75) is 50.7 Å². The third-order valence-corrected chi connectivity index (χ3v) is 9.48. The highest BCUT2D eigenvalue weighted by atomic mass is 32.2. The molecule has 15 heteroatoms. The largest absolute Gasteiger partial charge is 0.416 e. The van der Waals surface area contributed by atoms with Crippen molar-refractivity contribution in [1.29, 1.82) is 0 Å². The molecule has 0 radical (unpaired) electrons. The van der Waals surface area contributed by atoms with Gasteiger partial charge in [-0.05, 0) is 80.5 Å². The maximum atomic E-state index is 13.6. The summed E-state index contributed by atoms with van der Waals surface area (Å²) in [6, 6.07) is 4.02. The lowest BCUT2D eigenvalue weighted by Gasteiger charge is -2.18. The van der Waals surface area contributed by atoms with E-state index in [0.717, 1.165) is 25.2 Å². The number of carbonyl (C=O) groups excluding carboxylic acids is 2. The molecule has 3 N–H and O–H groups in total. The molecule has 1 aliphatic heterocycles. The van der Waals surface area contributed by atoms with Gasteiger partial charge < -0.3 is 20.5 Å². The van der Waals surface area contributed by atoms with Crippen molar-refractivity contribution in [3.05, 3.63) is 81.2 Å². The minimum atomic E-state index is -5.10. The van der Waals surface area contributed by atoms with Crippen LogP contribution in [0.1, 0.15) is 63.4 Å². The van der Waals surface area contributed by atoms with E-state index in [1.54, 1.807) is 13.8 Å². The predicted molar refractivity (Wildman–Crippen MR) is 161 cm³/mol. The Morgan fingerprint density at radius 2 is 1.65 bits per heavy atom. The fourth-order valence-corrected chi connectivity index (χ4v) is 6.70. The Bertz CT molecular complexity index is 1810. The van der Waals surface area contributed by atoms with Crippen LogP contribution in [0.5, 0.6) is 0 Å². The highest BCUT2D eigenvalue weighted by Gasteiger charge is 2.38. The molecule has 0 saturated heterocycles. The number of rotatable bonds is 10. The number of nitrogens with one attached hydrogen (secondary N) is 3. The van der Waals surface area contributed by atoms with Gasteiger partial charge in [0.2, 0.25) is 0 Å². The summed E-state index contributed by atoms with van der Waals surface area (Å²) in [7, 11) is -4.63. The molecule has 0 atom stereocenters. The van der Waals surface area contributed by atoms with Crippen molar-refractivity contribution in [2.75, 3.05) is 31.5 Å². The molecular weight excluding hydrogens is 638 g/mol. The zero-order chi connectivity index (χ0) is 34.2. The molecule has 2 aromatic carbocycles. The smallest absolute Gasteiger partial charge is 0.358 e. The minimum Gasteiger partial charge on any atom is -0.358 e. The number of anilines is 1. The van der Waals surface area contributed by atoms with Gasteiger partial charge in [-0.2, -0.15) is 26.3 Å². The van der Waals surface area contributed by atoms with Crippen molar-refractivity contribution in [2.24, 2.45) is 0 Å². The van der Waals surface area contributed by atoms with Gasteiger partial charge in [-0.3, -0.25) is 9.59 Å². The van der Waals surface area contributed by atoms with E-state index in [0.29, 0.717) is 35.6 Å². The third kappa shape index (κ3) is 7.30. The Balaban J connectivity index is 1.67. The summed E-state index contributed by atoms with van der Waals surface area (Å²) in [5, 5.41) is 5.47. The van der Waals surface area contributed by atoms with Crippen LogP contribution < -0.4 is 10.6 Å². The first-order chi connectivity index (χ1) is 21.4. The molecule has 0 aliphatic carbocycles. The van der Waals surface area contributed by atoms with Crippen LogP contribution in [0.25, 0.3) is 11.6 Å². The van der Waals surface area contributed by atoms with Gasteiger partial charge in [-0.15, -0.1) is 0 Å². The molecule has 0 fully saturated rings. The van der Waals surface area contributed by atoms with Crippen LogP contribution in [0.4, 0.5) is 32.0 Å². The van der Waals surface area contributed by atoms with E-state index in [4.69, 9.17) is 0 Å². The molecule has 2 heterocycles. The number of fused-ring (bicyclic) bond motifs is 1. The third-order valence-electron chi connectivity index (χ3n) is 7.82. The summed E-state index contributed by atoms with van der Waals surface area (Å²) < 4.78 is 107. The maximum Gasteiger partial charge on any atom is 0.416 e. The molecule has 0 spiro atoms. The molecule has 248 valence electrons. The van der Waals surface area contributed by atoms with E-state index in [-0.39, 0.29) is 40.9 Å². The van der Waals surface area contributed by atoms with E-state index < -0.39 is 55.4 Å². The quantitative estimate of drug-likeness (QED) is 0.176. The number of hydrogen-bond donors (Lipinski definition) is 3. The van der Waals surface area contributed by atoms with Crippen LogP contribution in [0.2, 0.25) is 0 Å². The van der Waals surface area contributed by atoms with Crippen LogP contribution in [-0.4, -0.2) is 56.3 Å². The Kier molecular flexibility index (Phi) is 9.78. The first kappa shape index (κ1) is 34.8. The van der Waals surface area contributed by atoms with Gasteiger partial charge in [0.1, 0.15) is 0 Å². The van der Waals surface area contributed by atoms with E-state index in [1.807, 2.05) is 13.8 Å². The monoisotopic (exact) mass is 670 g/mol. The molecule has 0 unspecified atom stereocenters. The summed E-state index contributed by atoms with van der Waals surface area (Å²) in [6.45, 7) is 10.1. The molecule has 1 aromatic heterocycles.